The smallest absolute Gasteiger partial charge is 0.238 e. The summed E-state index contributed by atoms with van der Waals surface area (Å²) >= 11 is 0. The first-order valence-electron chi connectivity index (χ1n) is 5.79. The Labute approximate surface area is 112 Å². The molecule has 0 bridgehead atoms. The maximum Gasteiger partial charge on any atom is 0.238 e. The second kappa shape index (κ2) is 5.41. The van der Waals surface area contributed by atoms with Crippen LogP contribution in [0.25, 0.3) is 0 Å². The molecule has 0 saturated carbocycles. The highest BCUT2D eigenvalue weighted by molar-refractivity contribution is 7.89. The lowest BCUT2D eigenvalue weighted by Crippen LogP contribution is -2.12. The average Bonchev–Trinajstić information content (AvgIpc) is 2.75. The minimum atomic E-state index is -3.62. The fourth-order valence-electron chi connectivity index (χ4n) is 1.71. The predicted molar refractivity (Wildman–Crippen MR) is 73.2 cm³/mol. The summed E-state index contributed by atoms with van der Waals surface area (Å²) in [7, 11) is -1.74. The Kier molecular flexibility index (Phi) is 3.87. The summed E-state index contributed by atoms with van der Waals surface area (Å²) in [5, 5.41) is 12.3. The Morgan fingerprint density at radius 3 is 2.53 bits per heavy atom. The van der Waals surface area contributed by atoms with Gasteiger partial charge in [0.15, 0.2) is 0 Å². The molecule has 1 heterocycles. The molecule has 7 heteroatoms. The molecule has 0 radical (unpaired) electrons. The van der Waals surface area contributed by atoms with E-state index in [1.807, 2.05) is 19.4 Å². The summed E-state index contributed by atoms with van der Waals surface area (Å²) in [6.07, 6.45) is 4.64. The van der Waals surface area contributed by atoms with Crippen molar-refractivity contribution in [3.63, 3.8) is 0 Å². The van der Waals surface area contributed by atoms with Gasteiger partial charge in [-0.15, -0.1) is 0 Å². The van der Waals surface area contributed by atoms with Gasteiger partial charge in [0.1, 0.15) is 0 Å². The lowest BCUT2D eigenvalue weighted by Gasteiger charge is -2.06. The molecule has 0 saturated heterocycles. The van der Waals surface area contributed by atoms with Crippen molar-refractivity contribution < 1.29 is 8.42 Å². The largest absolute Gasteiger partial charge is 0.385 e. The number of nitrogens with zero attached hydrogens (tertiary/aromatic N) is 2. The molecule has 0 amide bonds. The van der Waals surface area contributed by atoms with Crippen LogP contribution in [0.5, 0.6) is 0 Å². The van der Waals surface area contributed by atoms with Gasteiger partial charge in [-0.2, -0.15) is 5.10 Å². The number of primary sulfonamides is 1. The number of nitrogens with one attached hydrogen (secondary N) is 1. The maximum atomic E-state index is 11.1. The summed E-state index contributed by atoms with van der Waals surface area (Å²) in [4.78, 5) is 0.116. The van der Waals surface area contributed by atoms with Gasteiger partial charge >= 0.3 is 0 Å². The highest BCUT2D eigenvalue weighted by Crippen LogP contribution is 2.12. The minimum absolute atomic E-state index is 0.116. The van der Waals surface area contributed by atoms with Crippen molar-refractivity contribution in [2.24, 2.45) is 12.2 Å². The third-order valence-electron chi connectivity index (χ3n) is 2.68. The van der Waals surface area contributed by atoms with Crippen LogP contribution in [0.15, 0.2) is 41.6 Å². The summed E-state index contributed by atoms with van der Waals surface area (Å²) in [5.74, 6) is 0. The van der Waals surface area contributed by atoms with Gasteiger partial charge in [0, 0.05) is 25.5 Å². The van der Waals surface area contributed by atoms with Crippen LogP contribution in [-0.4, -0.2) is 24.7 Å². The predicted octanol–water partition coefficient (Wildman–Crippen LogP) is 0.722. The van der Waals surface area contributed by atoms with Gasteiger partial charge in [0.05, 0.1) is 11.1 Å². The number of anilines is 1. The molecule has 0 aliphatic heterocycles. The molecule has 1 aromatic heterocycles. The Hall–Kier alpha value is -1.86. The SMILES string of the molecule is Cn1cc(CCNc2ccc(S(N)(=O)=O)cc2)cn1. The third-order valence-corrected chi connectivity index (χ3v) is 3.61. The first-order chi connectivity index (χ1) is 8.95. The zero-order valence-corrected chi connectivity index (χ0v) is 11.4. The molecule has 2 aromatic rings. The van der Waals surface area contributed by atoms with E-state index in [0.717, 1.165) is 24.2 Å². The third kappa shape index (κ3) is 3.80. The molecule has 0 spiro atoms. The fraction of sp³-hybridized carbons (Fsp3) is 0.250. The topological polar surface area (TPSA) is 90.0 Å². The van der Waals surface area contributed by atoms with Gasteiger partial charge in [-0.1, -0.05) is 0 Å². The van der Waals surface area contributed by atoms with E-state index in [1.165, 1.54) is 12.1 Å². The second-order valence-electron chi connectivity index (χ2n) is 4.27. The van der Waals surface area contributed by atoms with Crippen LogP contribution in [0.2, 0.25) is 0 Å². The van der Waals surface area contributed by atoms with Crippen molar-refractivity contribution in [3.05, 3.63) is 42.2 Å². The van der Waals surface area contributed by atoms with E-state index in [-0.39, 0.29) is 4.90 Å². The summed E-state index contributed by atoms with van der Waals surface area (Å²) in [6.45, 7) is 0.750. The molecule has 19 heavy (non-hydrogen) atoms. The average molecular weight is 280 g/mol. The molecular formula is C12H16N4O2S. The van der Waals surface area contributed by atoms with E-state index in [1.54, 1.807) is 16.8 Å². The number of sulfonamides is 1. The molecule has 0 atom stereocenters. The van der Waals surface area contributed by atoms with E-state index in [4.69, 9.17) is 5.14 Å². The van der Waals surface area contributed by atoms with Crippen molar-refractivity contribution >= 4 is 15.7 Å². The van der Waals surface area contributed by atoms with Gasteiger partial charge in [0.2, 0.25) is 10.0 Å². The molecule has 0 aliphatic carbocycles. The van der Waals surface area contributed by atoms with Crippen molar-refractivity contribution in [2.45, 2.75) is 11.3 Å². The van der Waals surface area contributed by atoms with Crippen LogP contribution in [-0.2, 0) is 23.5 Å². The quantitative estimate of drug-likeness (QED) is 0.844. The van der Waals surface area contributed by atoms with Crippen molar-refractivity contribution in [3.8, 4) is 0 Å². The maximum absolute atomic E-state index is 11.1. The van der Waals surface area contributed by atoms with E-state index in [9.17, 15) is 8.42 Å². The van der Waals surface area contributed by atoms with Crippen LogP contribution in [0, 0.1) is 0 Å². The van der Waals surface area contributed by atoms with Gasteiger partial charge in [-0.3, -0.25) is 4.68 Å². The molecule has 0 fully saturated rings. The monoisotopic (exact) mass is 280 g/mol. The van der Waals surface area contributed by atoms with Crippen molar-refractivity contribution in [2.75, 3.05) is 11.9 Å². The molecule has 1 aromatic carbocycles. The molecule has 3 N–H and O–H groups in total. The van der Waals surface area contributed by atoms with Gasteiger partial charge in [-0.25, -0.2) is 13.6 Å². The van der Waals surface area contributed by atoms with Crippen LogP contribution < -0.4 is 10.5 Å². The fourth-order valence-corrected chi connectivity index (χ4v) is 2.23. The van der Waals surface area contributed by atoms with E-state index in [0.29, 0.717) is 0 Å². The molecule has 102 valence electrons. The zero-order chi connectivity index (χ0) is 13.9. The van der Waals surface area contributed by atoms with Gasteiger partial charge < -0.3 is 5.32 Å². The lowest BCUT2D eigenvalue weighted by molar-refractivity contribution is 0.598. The second-order valence-corrected chi connectivity index (χ2v) is 5.83. The number of hydrogen-bond donors (Lipinski definition) is 2. The Morgan fingerprint density at radius 2 is 2.00 bits per heavy atom. The zero-order valence-electron chi connectivity index (χ0n) is 10.6. The Morgan fingerprint density at radius 1 is 1.32 bits per heavy atom. The lowest BCUT2D eigenvalue weighted by atomic mass is 10.2. The molecule has 0 unspecified atom stereocenters. The van der Waals surface area contributed by atoms with Crippen LogP contribution in [0.1, 0.15) is 5.56 Å². The first kappa shape index (κ1) is 13.6. The summed E-state index contributed by atoms with van der Waals surface area (Å²) < 4.78 is 23.9. The van der Waals surface area contributed by atoms with E-state index >= 15 is 0 Å². The summed E-state index contributed by atoms with van der Waals surface area (Å²) in [5.41, 5.74) is 2.01. The number of nitrogens with two attached hydrogens (primary N) is 1. The Bertz CT molecular complexity index is 647. The molecular weight excluding hydrogens is 264 g/mol. The molecule has 0 aliphatic rings. The van der Waals surface area contributed by atoms with Gasteiger partial charge in [0.25, 0.3) is 0 Å². The molecule has 2 rings (SSSR count). The summed E-state index contributed by atoms with van der Waals surface area (Å²) in [6, 6.07) is 6.37. The number of rotatable bonds is 5. The number of aromatic nitrogens is 2. The standard InChI is InChI=1S/C12H16N4O2S/c1-16-9-10(8-15-16)6-7-14-11-2-4-12(5-3-11)19(13,17)18/h2-5,8-9,14H,6-7H2,1H3,(H2,13,17,18). The number of hydrogen-bond acceptors (Lipinski definition) is 4. The normalized spacial score (nSPS) is 11.5. The van der Waals surface area contributed by atoms with E-state index < -0.39 is 10.0 Å². The minimum Gasteiger partial charge on any atom is -0.385 e. The van der Waals surface area contributed by atoms with Crippen molar-refractivity contribution in [1.82, 2.24) is 9.78 Å². The Balaban J connectivity index is 1.90. The van der Waals surface area contributed by atoms with E-state index in [2.05, 4.69) is 10.4 Å². The molecule has 6 nitrogen and oxygen atoms in total. The first-order valence-corrected chi connectivity index (χ1v) is 7.34. The number of benzene rings is 1. The van der Waals surface area contributed by atoms with Crippen LogP contribution >= 0.6 is 0 Å². The highest BCUT2D eigenvalue weighted by atomic mass is 32.2. The number of aryl methyl sites for hydroxylation is 1. The van der Waals surface area contributed by atoms with Crippen LogP contribution in [0.3, 0.4) is 0 Å². The van der Waals surface area contributed by atoms with Gasteiger partial charge in [-0.05, 0) is 36.2 Å². The highest BCUT2D eigenvalue weighted by Gasteiger charge is 2.06. The van der Waals surface area contributed by atoms with Crippen molar-refractivity contribution in [1.29, 1.82) is 0 Å². The van der Waals surface area contributed by atoms with Crippen LogP contribution in [0.4, 0.5) is 5.69 Å².